The van der Waals surface area contributed by atoms with Crippen LogP contribution in [-0.2, 0) is 9.53 Å². The molecule has 2 unspecified atom stereocenters. The molecule has 0 aliphatic rings. The van der Waals surface area contributed by atoms with Gasteiger partial charge >= 0.3 is 5.97 Å². The van der Waals surface area contributed by atoms with Gasteiger partial charge in [-0.05, 0) is 51.8 Å². The molecule has 19 heavy (non-hydrogen) atoms. The van der Waals surface area contributed by atoms with Crippen molar-refractivity contribution in [1.29, 1.82) is 0 Å². The lowest BCUT2D eigenvalue weighted by Gasteiger charge is -2.25. The largest absolute Gasteiger partial charge is 0.460 e. The summed E-state index contributed by atoms with van der Waals surface area (Å²) < 4.78 is 6.20. The molecule has 2 atom stereocenters. The van der Waals surface area contributed by atoms with Crippen LogP contribution < -0.4 is 0 Å². The summed E-state index contributed by atoms with van der Waals surface area (Å²) in [5, 5.41) is 10.2. The highest BCUT2D eigenvalue weighted by atomic mass is 79.9. The van der Waals surface area contributed by atoms with Gasteiger partial charge in [0, 0.05) is 4.47 Å². The summed E-state index contributed by atoms with van der Waals surface area (Å²) >= 11 is 3.42. The van der Waals surface area contributed by atoms with E-state index in [1.807, 2.05) is 45.9 Å². The second kappa shape index (κ2) is 6.06. The monoisotopic (exact) mass is 328 g/mol. The van der Waals surface area contributed by atoms with E-state index in [2.05, 4.69) is 15.9 Å². The van der Waals surface area contributed by atoms with E-state index in [9.17, 15) is 9.90 Å². The number of hydrogen-bond donors (Lipinski definition) is 1. The molecule has 0 spiro atoms. The van der Waals surface area contributed by atoms with Gasteiger partial charge in [0.25, 0.3) is 0 Å². The number of esters is 1. The Morgan fingerprint density at radius 3 is 2.42 bits per heavy atom. The van der Waals surface area contributed by atoms with Crippen LogP contribution in [0.1, 0.15) is 44.9 Å². The molecule has 0 aliphatic heterocycles. The normalized spacial score (nSPS) is 14.9. The number of carbonyl (C=O) groups excluding carboxylic acids is 1. The van der Waals surface area contributed by atoms with E-state index < -0.39 is 23.6 Å². The Balaban J connectivity index is 2.84. The van der Waals surface area contributed by atoms with Gasteiger partial charge in [0.15, 0.2) is 0 Å². The molecular weight excluding hydrogens is 308 g/mol. The zero-order valence-corrected chi connectivity index (χ0v) is 13.6. The molecule has 0 saturated carbocycles. The smallest absolute Gasteiger partial charge is 0.312 e. The van der Waals surface area contributed by atoms with E-state index >= 15 is 0 Å². The summed E-state index contributed by atoms with van der Waals surface area (Å²) in [6.07, 6.45) is -0.869. The van der Waals surface area contributed by atoms with Crippen LogP contribution in [0.4, 0.5) is 0 Å². The third kappa shape index (κ3) is 4.62. The molecule has 1 rings (SSSR count). The molecule has 3 nitrogen and oxygen atoms in total. The summed E-state index contributed by atoms with van der Waals surface area (Å²) in [7, 11) is 0. The van der Waals surface area contributed by atoms with Gasteiger partial charge in [-0.15, -0.1) is 0 Å². The number of aryl methyl sites for hydroxylation is 1. The first-order chi connectivity index (χ1) is 8.61. The number of rotatable bonds is 3. The fourth-order valence-corrected chi connectivity index (χ4v) is 2.00. The number of ether oxygens (including phenoxy) is 1. The Morgan fingerprint density at radius 1 is 1.37 bits per heavy atom. The summed E-state index contributed by atoms with van der Waals surface area (Å²) in [5.41, 5.74) is 1.25. The lowest BCUT2D eigenvalue weighted by Crippen LogP contribution is -2.30. The van der Waals surface area contributed by atoms with Gasteiger partial charge in [0.1, 0.15) is 5.60 Å². The van der Waals surface area contributed by atoms with Crippen molar-refractivity contribution in [3.63, 3.8) is 0 Å². The maximum absolute atomic E-state index is 11.9. The summed E-state index contributed by atoms with van der Waals surface area (Å²) in [5.74, 6) is -0.995. The first-order valence-corrected chi connectivity index (χ1v) is 7.08. The van der Waals surface area contributed by atoms with Gasteiger partial charge in [-0.2, -0.15) is 0 Å². The first-order valence-electron chi connectivity index (χ1n) is 6.29. The van der Waals surface area contributed by atoms with Crippen molar-refractivity contribution in [2.45, 2.75) is 46.3 Å². The van der Waals surface area contributed by atoms with Gasteiger partial charge in [0.05, 0.1) is 12.0 Å². The average molecular weight is 329 g/mol. The molecule has 1 N–H and O–H groups in total. The van der Waals surface area contributed by atoms with Gasteiger partial charge in [0.2, 0.25) is 0 Å². The van der Waals surface area contributed by atoms with E-state index in [-0.39, 0.29) is 0 Å². The molecule has 0 aliphatic carbocycles. The lowest BCUT2D eigenvalue weighted by molar-refractivity contribution is -0.163. The van der Waals surface area contributed by atoms with Crippen molar-refractivity contribution in [1.82, 2.24) is 0 Å². The fraction of sp³-hybridized carbons (Fsp3) is 0.533. The third-order valence-electron chi connectivity index (χ3n) is 2.79. The number of aliphatic hydroxyl groups is 1. The summed E-state index contributed by atoms with van der Waals surface area (Å²) in [6, 6.07) is 5.57. The van der Waals surface area contributed by atoms with Crippen molar-refractivity contribution in [3.05, 3.63) is 33.8 Å². The highest BCUT2D eigenvalue weighted by molar-refractivity contribution is 9.10. The molecule has 0 amide bonds. The van der Waals surface area contributed by atoms with Crippen LogP contribution >= 0.6 is 15.9 Å². The van der Waals surface area contributed by atoms with Crippen LogP contribution in [0.2, 0.25) is 0 Å². The molecule has 0 aromatic heterocycles. The molecule has 0 heterocycles. The minimum absolute atomic E-state index is 0.392. The minimum Gasteiger partial charge on any atom is -0.460 e. The molecule has 0 radical (unpaired) electrons. The maximum Gasteiger partial charge on any atom is 0.312 e. The van der Waals surface area contributed by atoms with Crippen molar-refractivity contribution in [2.75, 3.05) is 0 Å². The molecule has 106 valence electrons. The Hall–Kier alpha value is -0.870. The van der Waals surface area contributed by atoms with E-state index in [0.29, 0.717) is 5.56 Å². The summed E-state index contributed by atoms with van der Waals surface area (Å²) in [4.78, 5) is 11.9. The quantitative estimate of drug-likeness (QED) is 0.859. The van der Waals surface area contributed by atoms with E-state index in [1.165, 1.54) is 0 Å². The highest BCUT2D eigenvalue weighted by Crippen LogP contribution is 2.28. The standard InChI is InChI=1S/C15H21BrO3/c1-9-6-7-11(8-12(9)16)13(17)10(2)14(18)19-15(3,4)5/h6-8,10,13,17H,1-5H3. The summed E-state index contributed by atoms with van der Waals surface area (Å²) in [6.45, 7) is 9.08. The second-order valence-electron chi connectivity index (χ2n) is 5.78. The van der Waals surface area contributed by atoms with Crippen LogP contribution in [0.25, 0.3) is 0 Å². The number of aliphatic hydroxyl groups excluding tert-OH is 1. The van der Waals surface area contributed by atoms with Crippen LogP contribution in [0.15, 0.2) is 22.7 Å². The number of carbonyl (C=O) groups is 1. The molecular formula is C15H21BrO3. The van der Waals surface area contributed by atoms with E-state index in [4.69, 9.17) is 4.74 Å². The zero-order valence-electron chi connectivity index (χ0n) is 12.0. The Bertz CT molecular complexity index is 463. The highest BCUT2D eigenvalue weighted by Gasteiger charge is 2.28. The van der Waals surface area contributed by atoms with Crippen LogP contribution in [-0.4, -0.2) is 16.7 Å². The SMILES string of the molecule is Cc1ccc(C(O)C(C)C(=O)OC(C)(C)C)cc1Br. The predicted molar refractivity (Wildman–Crippen MR) is 78.8 cm³/mol. The number of benzene rings is 1. The fourth-order valence-electron chi connectivity index (χ4n) is 1.61. The molecule has 1 aromatic carbocycles. The van der Waals surface area contributed by atoms with Gasteiger partial charge in [-0.1, -0.05) is 28.1 Å². The zero-order chi connectivity index (χ0) is 14.8. The Labute approximate surface area is 123 Å². The predicted octanol–water partition coefficient (Wildman–Crippen LogP) is 3.77. The molecule has 0 bridgehead atoms. The molecule has 4 heteroatoms. The van der Waals surface area contributed by atoms with Crippen LogP contribution in [0.3, 0.4) is 0 Å². The van der Waals surface area contributed by atoms with E-state index in [0.717, 1.165) is 10.0 Å². The van der Waals surface area contributed by atoms with Crippen LogP contribution in [0.5, 0.6) is 0 Å². The second-order valence-corrected chi connectivity index (χ2v) is 6.63. The first kappa shape index (κ1) is 16.2. The molecule has 0 saturated heterocycles. The van der Waals surface area contributed by atoms with Gasteiger partial charge in [-0.3, -0.25) is 4.79 Å². The molecule has 0 fully saturated rings. The van der Waals surface area contributed by atoms with Gasteiger partial charge in [-0.25, -0.2) is 0 Å². The van der Waals surface area contributed by atoms with Crippen molar-refractivity contribution in [2.24, 2.45) is 5.92 Å². The van der Waals surface area contributed by atoms with Gasteiger partial charge < -0.3 is 9.84 Å². The Morgan fingerprint density at radius 2 is 1.95 bits per heavy atom. The topological polar surface area (TPSA) is 46.5 Å². The maximum atomic E-state index is 11.9. The van der Waals surface area contributed by atoms with Crippen molar-refractivity contribution >= 4 is 21.9 Å². The van der Waals surface area contributed by atoms with Crippen LogP contribution in [0, 0.1) is 12.8 Å². The van der Waals surface area contributed by atoms with Crippen molar-refractivity contribution < 1.29 is 14.6 Å². The molecule has 1 aromatic rings. The van der Waals surface area contributed by atoms with Crippen molar-refractivity contribution in [3.8, 4) is 0 Å². The third-order valence-corrected chi connectivity index (χ3v) is 3.64. The Kier molecular flexibility index (Phi) is 5.16. The lowest BCUT2D eigenvalue weighted by atomic mass is 9.96. The average Bonchev–Trinajstić information content (AvgIpc) is 2.28. The van der Waals surface area contributed by atoms with E-state index in [1.54, 1.807) is 6.92 Å². The number of hydrogen-bond acceptors (Lipinski definition) is 3. The minimum atomic E-state index is -0.869. The number of halogens is 1.